The number of thioether (sulfide) groups is 1. The van der Waals surface area contributed by atoms with Gasteiger partial charge in [-0.1, -0.05) is 0 Å². The van der Waals surface area contributed by atoms with E-state index in [0.717, 1.165) is 0 Å². The van der Waals surface area contributed by atoms with E-state index in [1.54, 1.807) is 0 Å². The Morgan fingerprint density at radius 2 is 2.31 bits per heavy atom. The Morgan fingerprint density at radius 1 is 1.50 bits per heavy atom. The van der Waals surface area contributed by atoms with Crippen LogP contribution in [0.5, 0.6) is 0 Å². The normalized spacial score (nSPS) is 19.8. The summed E-state index contributed by atoms with van der Waals surface area (Å²) in [6.07, 6.45) is 4.21. The van der Waals surface area contributed by atoms with Crippen molar-refractivity contribution in [1.29, 1.82) is 0 Å². The molecule has 1 saturated heterocycles. The summed E-state index contributed by atoms with van der Waals surface area (Å²) < 4.78 is 0. The Balaban J connectivity index is 2.19. The van der Waals surface area contributed by atoms with Gasteiger partial charge in [0.05, 0.1) is 12.1 Å². The number of carboxylic acids is 1. The Labute approximate surface area is 95.7 Å². The molecular formula is C9H9N3O3S. The lowest BCUT2D eigenvalue weighted by molar-refractivity contribution is -0.140. The maximum Gasteiger partial charge on any atom is 0.327 e. The van der Waals surface area contributed by atoms with Gasteiger partial charge in [0.1, 0.15) is 11.7 Å². The van der Waals surface area contributed by atoms with Crippen molar-refractivity contribution in [2.75, 3.05) is 11.6 Å². The third kappa shape index (κ3) is 1.99. The second-order valence-corrected chi connectivity index (χ2v) is 4.22. The van der Waals surface area contributed by atoms with Gasteiger partial charge in [0.2, 0.25) is 0 Å². The molecule has 84 valence electrons. The van der Waals surface area contributed by atoms with E-state index in [-0.39, 0.29) is 11.6 Å². The van der Waals surface area contributed by atoms with Crippen molar-refractivity contribution in [2.24, 2.45) is 0 Å². The average Bonchev–Trinajstić information content (AvgIpc) is 2.78. The van der Waals surface area contributed by atoms with Crippen molar-refractivity contribution in [1.82, 2.24) is 14.9 Å². The number of carboxylic acid groups (broad SMARTS) is 1. The van der Waals surface area contributed by atoms with E-state index in [4.69, 9.17) is 5.11 Å². The maximum absolute atomic E-state index is 11.9. The summed E-state index contributed by atoms with van der Waals surface area (Å²) in [6, 6.07) is -0.764. The largest absolute Gasteiger partial charge is 0.480 e. The lowest BCUT2D eigenvalue weighted by Gasteiger charge is -2.19. The first-order chi connectivity index (χ1) is 7.70. The molecule has 1 atom stereocenters. The summed E-state index contributed by atoms with van der Waals surface area (Å²) in [6.45, 7) is 0. The molecule has 1 aliphatic rings. The first-order valence-electron chi connectivity index (χ1n) is 4.57. The fraction of sp³-hybridized carbons (Fsp3) is 0.333. The van der Waals surface area contributed by atoms with Gasteiger partial charge in [0, 0.05) is 18.1 Å². The standard InChI is InChI=1S/C9H9N3O3S/c13-8(6-3-10-1-2-11-6)12-5-16-4-7(12)9(14)15/h1-3,7H,4-5H2,(H,14,15)/t7-/m0/s1. The highest BCUT2D eigenvalue weighted by atomic mass is 32.2. The predicted octanol–water partition coefficient (Wildman–Crippen LogP) is 0.0763. The topological polar surface area (TPSA) is 83.4 Å². The lowest BCUT2D eigenvalue weighted by Crippen LogP contribution is -2.42. The van der Waals surface area contributed by atoms with E-state index in [2.05, 4.69) is 9.97 Å². The number of amides is 1. The second-order valence-electron chi connectivity index (χ2n) is 3.22. The minimum atomic E-state index is -0.984. The molecule has 0 aromatic carbocycles. The molecule has 0 unspecified atom stereocenters. The smallest absolute Gasteiger partial charge is 0.327 e. The van der Waals surface area contributed by atoms with Crippen LogP contribution >= 0.6 is 11.8 Å². The van der Waals surface area contributed by atoms with Crippen molar-refractivity contribution >= 4 is 23.6 Å². The molecule has 1 aromatic rings. The molecule has 0 bridgehead atoms. The lowest BCUT2D eigenvalue weighted by atomic mass is 10.3. The van der Waals surface area contributed by atoms with Gasteiger partial charge in [-0.3, -0.25) is 9.78 Å². The van der Waals surface area contributed by atoms with Crippen LogP contribution in [0.25, 0.3) is 0 Å². The van der Waals surface area contributed by atoms with Gasteiger partial charge in [0.25, 0.3) is 5.91 Å². The Morgan fingerprint density at radius 3 is 2.94 bits per heavy atom. The molecule has 2 heterocycles. The molecule has 1 aliphatic heterocycles. The van der Waals surface area contributed by atoms with Crippen LogP contribution in [-0.4, -0.2) is 49.5 Å². The molecule has 1 amide bonds. The highest BCUT2D eigenvalue weighted by Crippen LogP contribution is 2.22. The first-order valence-corrected chi connectivity index (χ1v) is 5.73. The van der Waals surface area contributed by atoms with E-state index in [1.165, 1.54) is 35.3 Å². The van der Waals surface area contributed by atoms with Crippen LogP contribution in [0, 0.1) is 0 Å². The van der Waals surface area contributed by atoms with Crippen LogP contribution in [0.2, 0.25) is 0 Å². The molecule has 2 rings (SSSR count). The van der Waals surface area contributed by atoms with Crippen molar-refractivity contribution < 1.29 is 14.7 Å². The van der Waals surface area contributed by atoms with Gasteiger partial charge in [-0.05, 0) is 0 Å². The van der Waals surface area contributed by atoms with Crippen molar-refractivity contribution in [3.8, 4) is 0 Å². The zero-order valence-electron chi connectivity index (χ0n) is 8.24. The molecule has 6 nitrogen and oxygen atoms in total. The summed E-state index contributed by atoms with van der Waals surface area (Å²) in [7, 11) is 0. The van der Waals surface area contributed by atoms with Crippen LogP contribution in [0.15, 0.2) is 18.6 Å². The first kappa shape index (κ1) is 10.9. The van der Waals surface area contributed by atoms with Gasteiger partial charge >= 0.3 is 5.97 Å². The van der Waals surface area contributed by atoms with Crippen LogP contribution < -0.4 is 0 Å². The number of carbonyl (C=O) groups excluding carboxylic acids is 1. The third-order valence-corrected chi connectivity index (χ3v) is 3.22. The summed E-state index contributed by atoms with van der Waals surface area (Å²) in [5.74, 6) is -0.569. The quantitative estimate of drug-likeness (QED) is 0.786. The molecule has 1 aromatic heterocycles. The molecule has 0 spiro atoms. The Hall–Kier alpha value is -1.63. The average molecular weight is 239 g/mol. The van der Waals surface area contributed by atoms with Crippen molar-refractivity contribution in [3.63, 3.8) is 0 Å². The Bertz CT molecular complexity index is 412. The van der Waals surface area contributed by atoms with E-state index in [1.807, 2.05) is 0 Å². The molecule has 1 N–H and O–H groups in total. The number of hydrogen-bond acceptors (Lipinski definition) is 5. The summed E-state index contributed by atoms with van der Waals surface area (Å²) in [5.41, 5.74) is 0.177. The zero-order chi connectivity index (χ0) is 11.5. The second kappa shape index (κ2) is 4.48. The SMILES string of the molecule is O=C(O)[C@@H]1CSCN1C(=O)c1cnccn1. The molecule has 16 heavy (non-hydrogen) atoms. The molecule has 1 fully saturated rings. The van der Waals surface area contributed by atoms with Gasteiger partial charge in [-0.2, -0.15) is 0 Å². The molecule has 7 heteroatoms. The fourth-order valence-corrected chi connectivity index (χ4v) is 2.55. The number of hydrogen-bond donors (Lipinski definition) is 1. The third-order valence-electron chi connectivity index (χ3n) is 2.21. The van der Waals surface area contributed by atoms with Gasteiger partial charge in [-0.15, -0.1) is 11.8 Å². The minimum absolute atomic E-state index is 0.177. The van der Waals surface area contributed by atoms with Gasteiger partial charge in [0.15, 0.2) is 0 Å². The minimum Gasteiger partial charge on any atom is -0.480 e. The van der Waals surface area contributed by atoms with Crippen LogP contribution in [-0.2, 0) is 4.79 Å². The van der Waals surface area contributed by atoms with Gasteiger partial charge in [-0.25, -0.2) is 9.78 Å². The van der Waals surface area contributed by atoms with E-state index in [0.29, 0.717) is 11.6 Å². The molecule has 0 aliphatic carbocycles. The number of nitrogens with zero attached hydrogens (tertiary/aromatic N) is 3. The number of carbonyl (C=O) groups is 2. The van der Waals surface area contributed by atoms with Gasteiger partial charge < -0.3 is 10.0 Å². The van der Waals surface area contributed by atoms with Crippen LogP contribution in [0.3, 0.4) is 0 Å². The van der Waals surface area contributed by atoms with Crippen molar-refractivity contribution in [2.45, 2.75) is 6.04 Å². The number of rotatable bonds is 2. The van der Waals surface area contributed by atoms with Crippen LogP contribution in [0.1, 0.15) is 10.5 Å². The van der Waals surface area contributed by atoms with Crippen molar-refractivity contribution in [3.05, 3.63) is 24.3 Å². The molecule has 0 radical (unpaired) electrons. The monoisotopic (exact) mass is 239 g/mol. The predicted molar refractivity (Wildman–Crippen MR) is 57.0 cm³/mol. The maximum atomic E-state index is 11.9. The summed E-state index contributed by atoms with van der Waals surface area (Å²) in [5, 5.41) is 8.94. The van der Waals surface area contributed by atoms with E-state index >= 15 is 0 Å². The number of aromatic nitrogens is 2. The summed E-state index contributed by atoms with van der Waals surface area (Å²) >= 11 is 1.42. The van der Waals surface area contributed by atoms with Crippen LogP contribution in [0.4, 0.5) is 0 Å². The Kier molecular flexibility index (Phi) is 3.04. The highest BCUT2D eigenvalue weighted by Gasteiger charge is 2.35. The molecule has 0 saturated carbocycles. The van der Waals surface area contributed by atoms with E-state index in [9.17, 15) is 9.59 Å². The fourth-order valence-electron chi connectivity index (χ4n) is 1.40. The highest BCUT2D eigenvalue weighted by molar-refractivity contribution is 7.99. The van der Waals surface area contributed by atoms with E-state index < -0.39 is 12.0 Å². The summed E-state index contributed by atoms with van der Waals surface area (Å²) in [4.78, 5) is 31.8. The molecular weight excluding hydrogens is 230 g/mol. The number of aliphatic carboxylic acids is 1. The zero-order valence-corrected chi connectivity index (χ0v) is 9.05.